The number of nitrogens with zero attached hydrogens (tertiary/aromatic N) is 1. The summed E-state index contributed by atoms with van der Waals surface area (Å²) in [5.41, 5.74) is 1.11. The van der Waals surface area contributed by atoms with Crippen LogP contribution in [0.4, 0.5) is 0 Å². The average Bonchev–Trinajstić information content (AvgIpc) is 2.13. The van der Waals surface area contributed by atoms with Crippen LogP contribution in [0.2, 0.25) is 5.02 Å². The maximum absolute atomic E-state index is 5.84. The molecule has 1 heterocycles. The van der Waals surface area contributed by atoms with Crippen LogP contribution in [0.15, 0.2) is 18.3 Å². The number of hydrogen-bond donors (Lipinski definition) is 0. The molecule has 1 rings (SSSR count). The normalized spacial score (nSPS) is 10.3. The van der Waals surface area contributed by atoms with E-state index in [2.05, 4.69) is 11.9 Å². The van der Waals surface area contributed by atoms with Crippen molar-refractivity contribution in [3.8, 4) is 0 Å². The summed E-state index contributed by atoms with van der Waals surface area (Å²) in [4.78, 5) is 4.25. The molecule has 0 aliphatic rings. The van der Waals surface area contributed by atoms with E-state index in [4.69, 9.17) is 11.6 Å². The highest BCUT2D eigenvalue weighted by Gasteiger charge is 1.95. The van der Waals surface area contributed by atoms with Gasteiger partial charge in [-0.25, -0.2) is 0 Å². The molecule has 0 atom stereocenters. The fraction of sp³-hybridized carbons (Fsp3) is 0.545. The Labute approximate surface area is 85.1 Å². The molecule has 0 N–H and O–H groups in total. The van der Waals surface area contributed by atoms with Gasteiger partial charge in [-0.3, -0.25) is 4.98 Å². The molecule has 1 aromatic rings. The first-order chi connectivity index (χ1) is 6.33. The highest BCUT2D eigenvalue weighted by Crippen LogP contribution is 2.11. The molecule has 0 bridgehead atoms. The molecular formula is C11H16ClN. The lowest BCUT2D eigenvalue weighted by atomic mass is 10.1. The molecule has 0 aliphatic heterocycles. The maximum atomic E-state index is 5.84. The number of aryl methyl sites for hydroxylation is 1. The van der Waals surface area contributed by atoms with Gasteiger partial charge < -0.3 is 0 Å². The number of unbranched alkanes of at least 4 members (excludes halogenated alkanes) is 3. The van der Waals surface area contributed by atoms with Crippen LogP contribution in [0.5, 0.6) is 0 Å². The maximum Gasteiger partial charge on any atom is 0.0439 e. The summed E-state index contributed by atoms with van der Waals surface area (Å²) in [6.07, 6.45) is 7.95. The minimum absolute atomic E-state index is 0.792. The van der Waals surface area contributed by atoms with E-state index >= 15 is 0 Å². The molecule has 1 nitrogen and oxygen atoms in total. The zero-order valence-corrected chi connectivity index (χ0v) is 8.85. The second-order valence-electron chi connectivity index (χ2n) is 3.28. The van der Waals surface area contributed by atoms with Crippen molar-refractivity contribution in [3.63, 3.8) is 0 Å². The van der Waals surface area contributed by atoms with Crippen LogP contribution in [0.25, 0.3) is 0 Å². The molecule has 0 amide bonds. The summed E-state index contributed by atoms with van der Waals surface area (Å²) >= 11 is 5.84. The smallest absolute Gasteiger partial charge is 0.0439 e. The first-order valence-corrected chi connectivity index (χ1v) is 5.31. The van der Waals surface area contributed by atoms with E-state index in [-0.39, 0.29) is 0 Å². The lowest BCUT2D eigenvalue weighted by Gasteiger charge is -2.00. The standard InChI is InChI=1S/C11H16ClN/c1-2-3-4-5-6-11-9-10(12)7-8-13-11/h7-9H,2-6H2,1H3. The molecule has 0 fully saturated rings. The predicted octanol–water partition coefficient (Wildman–Crippen LogP) is 3.86. The molecule has 2 heteroatoms. The first kappa shape index (κ1) is 10.5. The second-order valence-corrected chi connectivity index (χ2v) is 3.71. The van der Waals surface area contributed by atoms with Gasteiger partial charge in [0.25, 0.3) is 0 Å². The number of rotatable bonds is 5. The summed E-state index contributed by atoms with van der Waals surface area (Å²) in [5, 5.41) is 0.792. The molecule has 72 valence electrons. The van der Waals surface area contributed by atoms with Gasteiger partial charge in [0.2, 0.25) is 0 Å². The topological polar surface area (TPSA) is 12.9 Å². The Morgan fingerprint density at radius 3 is 2.85 bits per heavy atom. The Morgan fingerprint density at radius 2 is 2.15 bits per heavy atom. The van der Waals surface area contributed by atoms with Gasteiger partial charge >= 0.3 is 0 Å². The summed E-state index contributed by atoms with van der Waals surface area (Å²) in [6, 6.07) is 3.77. The number of pyridine rings is 1. The molecule has 1 aromatic heterocycles. The summed E-state index contributed by atoms with van der Waals surface area (Å²) in [7, 11) is 0. The van der Waals surface area contributed by atoms with Gasteiger partial charge in [-0.05, 0) is 25.0 Å². The quantitative estimate of drug-likeness (QED) is 0.654. The fourth-order valence-electron chi connectivity index (χ4n) is 1.32. The summed E-state index contributed by atoms with van der Waals surface area (Å²) < 4.78 is 0. The highest BCUT2D eigenvalue weighted by molar-refractivity contribution is 6.30. The third kappa shape index (κ3) is 4.28. The molecule has 0 saturated carbocycles. The number of halogens is 1. The van der Waals surface area contributed by atoms with E-state index in [0.29, 0.717) is 0 Å². The van der Waals surface area contributed by atoms with Crippen LogP contribution in [0.3, 0.4) is 0 Å². The van der Waals surface area contributed by atoms with Crippen LogP contribution < -0.4 is 0 Å². The molecule has 0 unspecified atom stereocenters. The zero-order chi connectivity index (χ0) is 9.52. The van der Waals surface area contributed by atoms with Crippen molar-refractivity contribution in [1.82, 2.24) is 4.98 Å². The van der Waals surface area contributed by atoms with Gasteiger partial charge in [0.1, 0.15) is 0 Å². The molecule has 0 spiro atoms. The van der Waals surface area contributed by atoms with Gasteiger partial charge in [-0.15, -0.1) is 0 Å². The van der Waals surface area contributed by atoms with Gasteiger partial charge in [0.05, 0.1) is 0 Å². The Bertz CT molecular complexity index is 248. The average molecular weight is 198 g/mol. The van der Waals surface area contributed by atoms with Crippen molar-refractivity contribution in [2.24, 2.45) is 0 Å². The van der Waals surface area contributed by atoms with Crippen LogP contribution in [0.1, 0.15) is 38.3 Å². The van der Waals surface area contributed by atoms with Gasteiger partial charge in [-0.2, -0.15) is 0 Å². The van der Waals surface area contributed by atoms with Crippen LogP contribution in [0, 0.1) is 0 Å². The molecule has 0 aromatic carbocycles. The van der Waals surface area contributed by atoms with E-state index in [0.717, 1.165) is 17.1 Å². The summed E-state index contributed by atoms with van der Waals surface area (Å²) in [5.74, 6) is 0. The van der Waals surface area contributed by atoms with Gasteiger partial charge in [-0.1, -0.05) is 37.8 Å². The van der Waals surface area contributed by atoms with Crippen molar-refractivity contribution < 1.29 is 0 Å². The molecule has 0 saturated heterocycles. The summed E-state index contributed by atoms with van der Waals surface area (Å²) in [6.45, 7) is 2.22. The van der Waals surface area contributed by atoms with Gasteiger partial charge in [0.15, 0.2) is 0 Å². The molecule has 13 heavy (non-hydrogen) atoms. The highest BCUT2D eigenvalue weighted by atomic mass is 35.5. The third-order valence-electron chi connectivity index (χ3n) is 2.07. The van der Waals surface area contributed by atoms with Crippen LogP contribution in [-0.2, 0) is 6.42 Å². The van der Waals surface area contributed by atoms with E-state index in [9.17, 15) is 0 Å². The predicted molar refractivity (Wildman–Crippen MR) is 57.1 cm³/mol. The number of hydrogen-bond acceptors (Lipinski definition) is 1. The van der Waals surface area contributed by atoms with Crippen molar-refractivity contribution >= 4 is 11.6 Å². The fourth-order valence-corrected chi connectivity index (χ4v) is 1.50. The Hall–Kier alpha value is -0.560. The molecule has 0 radical (unpaired) electrons. The van der Waals surface area contributed by atoms with E-state index < -0.39 is 0 Å². The Morgan fingerprint density at radius 1 is 1.31 bits per heavy atom. The zero-order valence-electron chi connectivity index (χ0n) is 8.09. The van der Waals surface area contributed by atoms with Crippen molar-refractivity contribution in [1.29, 1.82) is 0 Å². The largest absolute Gasteiger partial charge is 0.261 e. The first-order valence-electron chi connectivity index (χ1n) is 4.93. The minimum atomic E-state index is 0.792. The Balaban J connectivity index is 2.28. The van der Waals surface area contributed by atoms with Crippen LogP contribution in [-0.4, -0.2) is 4.98 Å². The lowest BCUT2D eigenvalue weighted by molar-refractivity contribution is 0.661. The monoisotopic (exact) mass is 197 g/mol. The van der Waals surface area contributed by atoms with E-state index in [1.807, 2.05) is 12.1 Å². The SMILES string of the molecule is CCCCCCc1cc(Cl)ccn1. The van der Waals surface area contributed by atoms with Gasteiger partial charge in [0, 0.05) is 16.9 Å². The lowest BCUT2D eigenvalue weighted by Crippen LogP contribution is -1.89. The van der Waals surface area contributed by atoms with E-state index in [1.165, 1.54) is 25.7 Å². The van der Waals surface area contributed by atoms with Crippen LogP contribution >= 0.6 is 11.6 Å². The second kappa shape index (κ2) is 5.98. The third-order valence-corrected chi connectivity index (χ3v) is 2.30. The Kier molecular flexibility index (Phi) is 4.84. The van der Waals surface area contributed by atoms with Crippen molar-refractivity contribution in [3.05, 3.63) is 29.0 Å². The minimum Gasteiger partial charge on any atom is -0.261 e. The van der Waals surface area contributed by atoms with Crippen molar-refractivity contribution in [2.75, 3.05) is 0 Å². The van der Waals surface area contributed by atoms with Crippen molar-refractivity contribution in [2.45, 2.75) is 39.0 Å². The molecular weight excluding hydrogens is 182 g/mol. The molecule has 0 aliphatic carbocycles. The number of aromatic nitrogens is 1. The van der Waals surface area contributed by atoms with E-state index in [1.54, 1.807) is 6.20 Å².